The normalized spacial score (nSPS) is 19.7. The van der Waals surface area contributed by atoms with Crippen molar-refractivity contribution in [3.8, 4) is 10.8 Å². The van der Waals surface area contributed by atoms with E-state index in [9.17, 15) is 0 Å². The molecule has 0 aromatic carbocycles. The van der Waals surface area contributed by atoms with Gasteiger partial charge in [-0.1, -0.05) is 0 Å². The molecule has 1 aliphatic rings. The molecular weight excluding hydrogens is 278 g/mol. The van der Waals surface area contributed by atoms with E-state index in [4.69, 9.17) is 9.15 Å². The van der Waals surface area contributed by atoms with Gasteiger partial charge in [0.15, 0.2) is 10.8 Å². The summed E-state index contributed by atoms with van der Waals surface area (Å²) in [5.41, 5.74) is 1.14. The average Bonchev–Trinajstić information content (AvgIpc) is 3.10. The lowest BCUT2D eigenvalue weighted by Gasteiger charge is -2.21. The monoisotopic (exact) mass is 295 g/mol. The van der Waals surface area contributed by atoms with Gasteiger partial charge in [-0.2, -0.15) is 11.8 Å². The van der Waals surface area contributed by atoms with Crippen molar-refractivity contribution in [2.75, 3.05) is 12.4 Å². The maximum atomic E-state index is 5.73. The molecule has 19 heavy (non-hydrogen) atoms. The Balaban J connectivity index is 1.48. The van der Waals surface area contributed by atoms with Crippen molar-refractivity contribution in [3.05, 3.63) is 29.5 Å². The maximum absolute atomic E-state index is 5.73. The molecule has 5 heteroatoms. The van der Waals surface area contributed by atoms with E-state index in [1.807, 2.05) is 23.9 Å². The largest absolute Gasteiger partial charge is 0.462 e. The highest BCUT2D eigenvalue weighted by Crippen LogP contribution is 2.26. The summed E-state index contributed by atoms with van der Waals surface area (Å²) in [6.07, 6.45) is 5.87. The highest BCUT2D eigenvalue weighted by Gasteiger charge is 2.14. The first-order valence-electron chi connectivity index (χ1n) is 6.59. The Labute approximate surface area is 121 Å². The van der Waals surface area contributed by atoms with Crippen molar-refractivity contribution in [1.82, 2.24) is 4.98 Å². The van der Waals surface area contributed by atoms with Crippen LogP contribution in [0.15, 0.2) is 28.2 Å². The van der Waals surface area contributed by atoms with Gasteiger partial charge in [-0.15, -0.1) is 11.3 Å². The molecule has 3 rings (SSSR count). The molecule has 1 saturated heterocycles. The van der Waals surface area contributed by atoms with E-state index in [2.05, 4.69) is 10.4 Å². The third-order valence-corrected chi connectivity index (χ3v) is 5.12. The topological polar surface area (TPSA) is 35.3 Å². The highest BCUT2D eigenvalue weighted by molar-refractivity contribution is 7.98. The summed E-state index contributed by atoms with van der Waals surface area (Å²) in [5.74, 6) is 2.89. The van der Waals surface area contributed by atoms with E-state index < -0.39 is 0 Å². The molecular formula is C14H17NO2S2. The summed E-state index contributed by atoms with van der Waals surface area (Å²) in [5, 5.41) is 3.08. The predicted octanol–water partition coefficient (Wildman–Crippen LogP) is 4.21. The number of thiazole rings is 1. The summed E-state index contributed by atoms with van der Waals surface area (Å²) in [4.78, 5) is 4.60. The van der Waals surface area contributed by atoms with Crippen LogP contribution in [0.3, 0.4) is 0 Å². The van der Waals surface area contributed by atoms with Gasteiger partial charge in [-0.3, -0.25) is 0 Å². The van der Waals surface area contributed by atoms with Gasteiger partial charge in [-0.05, 0) is 31.4 Å². The fourth-order valence-corrected chi connectivity index (χ4v) is 4.01. The van der Waals surface area contributed by atoms with Crippen LogP contribution in [0.2, 0.25) is 0 Å². The molecule has 0 saturated carbocycles. The lowest BCUT2D eigenvalue weighted by atomic mass is 10.1. The first-order valence-corrected chi connectivity index (χ1v) is 8.63. The first kappa shape index (κ1) is 13.2. The molecule has 2 aromatic rings. The smallest absolute Gasteiger partial charge is 0.162 e. The number of aromatic nitrogens is 1. The third kappa shape index (κ3) is 3.61. The minimum Gasteiger partial charge on any atom is -0.462 e. The van der Waals surface area contributed by atoms with E-state index in [0.29, 0.717) is 6.10 Å². The van der Waals surface area contributed by atoms with Crippen LogP contribution in [0.4, 0.5) is 0 Å². The number of hydrogen-bond donors (Lipinski definition) is 0. The molecule has 3 heterocycles. The van der Waals surface area contributed by atoms with Gasteiger partial charge in [-0.25, -0.2) is 4.98 Å². The molecule has 1 fully saturated rings. The zero-order valence-corrected chi connectivity index (χ0v) is 12.3. The fourth-order valence-electron chi connectivity index (χ4n) is 2.12. The Hall–Kier alpha value is -0.780. The molecule has 0 spiro atoms. The Bertz CT molecular complexity index is 489. The van der Waals surface area contributed by atoms with Crippen LogP contribution in [0.5, 0.6) is 0 Å². The summed E-state index contributed by atoms with van der Waals surface area (Å²) in [7, 11) is 0. The van der Waals surface area contributed by atoms with Crippen LogP contribution in [-0.4, -0.2) is 23.4 Å². The standard InChI is InChI=1S/C14H17NO2S2/c1-2-6-16-12(4-1)10-18-8-11-9-19-14(15-11)13-5-3-7-17-13/h3,5,7,9,12H,1-2,4,6,8,10H2. The number of nitrogens with zero attached hydrogens (tertiary/aromatic N) is 1. The lowest BCUT2D eigenvalue weighted by molar-refractivity contribution is 0.0315. The summed E-state index contributed by atoms with van der Waals surface area (Å²) in [6.45, 7) is 0.935. The molecule has 1 unspecified atom stereocenters. The number of thioether (sulfide) groups is 1. The molecule has 3 nitrogen and oxygen atoms in total. The predicted molar refractivity (Wildman–Crippen MR) is 79.6 cm³/mol. The van der Waals surface area contributed by atoms with Crippen LogP contribution in [0.25, 0.3) is 10.8 Å². The van der Waals surface area contributed by atoms with Crippen molar-refractivity contribution in [2.24, 2.45) is 0 Å². The number of furan rings is 1. The lowest BCUT2D eigenvalue weighted by Crippen LogP contribution is -2.21. The molecule has 0 aliphatic carbocycles. The van der Waals surface area contributed by atoms with Crippen molar-refractivity contribution in [1.29, 1.82) is 0 Å². The molecule has 0 bridgehead atoms. The van der Waals surface area contributed by atoms with Crippen LogP contribution in [0, 0.1) is 0 Å². The van der Waals surface area contributed by atoms with Gasteiger partial charge in [0.2, 0.25) is 0 Å². The number of ether oxygens (including phenoxy) is 1. The van der Waals surface area contributed by atoms with Crippen LogP contribution < -0.4 is 0 Å². The first-order chi connectivity index (χ1) is 9.42. The van der Waals surface area contributed by atoms with Gasteiger partial charge >= 0.3 is 0 Å². The second kappa shape index (κ2) is 6.59. The summed E-state index contributed by atoms with van der Waals surface area (Å²) < 4.78 is 11.1. The Morgan fingerprint density at radius 3 is 3.21 bits per heavy atom. The Morgan fingerprint density at radius 1 is 1.42 bits per heavy atom. The van der Waals surface area contributed by atoms with Gasteiger partial charge in [0, 0.05) is 23.5 Å². The molecule has 1 aliphatic heterocycles. The molecule has 0 radical (unpaired) electrons. The van der Waals surface area contributed by atoms with E-state index in [0.717, 1.165) is 34.6 Å². The molecule has 2 aromatic heterocycles. The second-order valence-corrected chi connectivity index (χ2v) is 6.51. The minimum atomic E-state index is 0.446. The van der Waals surface area contributed by atoms with Crippen LogP contribution in [0.1, 0.15) is 25.0 Å². The Morgan fingerprint density at radius 2 is 2.42 bits per heavy atom. The summed E-state index contributed by atoms with van der Waals surface area (Å²) >= 11 is 3.56. The van der Waals surface area contributed by atoms with E-state index in [-0.39, 0.29) is 0 Å². The molecule has 1 atom stereocenters. The molecule has 0 amide bonds. The Kier molecular flexibility index (Phi) is 4.58. The fraction of sp³-hybridized carbons (Fsp3) is 0.500. The van der Waals surface area contributed by atoms with Crippen molar-refractivity contribution in [3.63, 3.8) is 0 Å². The van der Waals surface area contributed by atoms with Gasteiger partial charge in [0.1, 0.15) is 0 Å². The number of rotatable bonds is 5. The molecule has 102 valence electrons. The van der Waals surface area contributed by atoms with Crippen LogP contribution in [-0.2, 0) is 10.5 Å². The SMILES string of the molecule is c1coc(-c2nc(CSCC3CCCCO3)cs2)c1. The van der Waals surface area contributed by atoms with Gasteiger partial charge < -0.3 is 9.15 Å². The van der Waals surface area contributed by atoms with Gasteiger partial charge in [0.25, 0.3) is 0 Å². The quantitative estimate of drug-likeness (QED) is 0.828. The highest BCUT2D eigenvalue weighted by atomic mass is 32.2. The third-order valence-electron chi connectivity index (χ3n) is 3.11. The summed E-state index contributed by atoms with van der Waals surface area (Å²) in [6, 6.07) is 3.84. The van der Waals surface area contributed by atoms with Crippen molar-refractivity contribution >= 4 is 23.1 Å². The number of hydrogen-bond acceptors (Lipinski definition) is 5. The van der Waals surface area contributed by atoms with Gasteiger partial charge in [0.05, 0.1) is 18.1 Å². The zero-order valence-electron chi connectivity index (χ0n) is 10.7. The molecule has 0 N–H and O–H groups in total. The van der Waals surface area contributed by atoms with Crippen molar-refractivity contribution < 1.29 is 9.15 Å². The second-order valence-electron chi connectivity index (χ2n) is 4.63. The van der Waals surface area contributed by atoms with E-state index in [1.54, 1.807) is 17.6 Å². The maximum Gasteiger partial charge on any atom is 0.162 e. The minimum absolute atomic E-state index is 0.446. The van der Waals surface area contributed by atoms with Crippen LogP contribution >= 0.6 is 23.1 Å². The zero-order chi connectivity index (χ0) is 12.9. The van der Waals surface area contributed by atoms with Crippen molar-refractivity contribution in [2.45, 2.75) is 31.1 Å². The average molecular weight is 295 g/mol. The van der Waals surface area contributed by atoms with E-state index >= 15 is 0 Å². The van der Waals surface area contributed by atoms with E-state index in [1.165, 1.54) is 19.3 Å².